The third-order valence-corrected chi connectivity index (χ3v) is 4.16. The molecule has 21 heavy (non-hydrogen) atoms. The standard InChI is InChI=1S/C17H23NO3/c1-12(17(20)21)11-13-7-9-15(10-8-13)18-16(19)14-5-3-2-4-6-14/h7-10,12,14H,2-6,11H2,1H3,(H,18,19)(H,20,21). The molecule has 4 nitrogen and oxygen atoms in total. The molecule has 1 atom stereocenters. The first-order valence-electron chi connectivity index (χ1n) is 7.69. The van der Waals surface area contributed by atoms with Gasteiger partial charge in [-0.05, 0) is 37.0 Å². The average molecular weight is 289 g/mol. The van der Waals surface area contributed by atoms with Crippen molar-refractivity contribution in [3.63, 3.8) is 0 Å². The summed E-state index contributed by atoms with van der Waals surface area (Å²) in [6.07, 6.45) is 6.00. The molecule has 0 saturated heterocycles. The lowest BCUT2D eigenvalue weighted by atomic mass is 9.88. The molecular formula is C17H23NO3. The lowest BCUT2D eigenvalue weighted by Crippen LogP contribution is -2.24. The molecule has 1 unspecified atom stereocenters. The quantitative estimate of drug-likeness (QED) is 0.872. The van der Waals surface area contributed by atoms with Gasteiger partial charge in [-0.1, -0.05) is 38.3 Å². The van der Waals surface area contributed by atoms with E-state index in [1.165, 1.54) is 6.42 Å². The van der Waals surface area contributed by atoms with Crippen molar-refractivity contribution in [2.75, 3.05) is 5.32 Å². The highest BCUT2D eigenvalue weighted by Crippen LogP contribution is 2.25. The van der Waals surface area contributed by atoms with E-state index in [1.54, 1.807) is 6.92 Å². The fourth-order valence-corrected chi connectivity index (χ4v) is 2.77. The summed E-state index contributed by atoms with van der Waals surface area (Å²) in [5.41, 5.74) is 1.76. The molecule has 0 aromatic heterocycles. The maximum atomic E-state index is 12.1. The molecule has 1 aromatic rings. The van der Waals surface area contributed by atoms with Crippen molar-refractivity contribution >= 4 is 17.6 Å². The lowest BCUT2D eigenvalue weighted by Gasteiger charge is -2.20. The number of aliphatic carboxylic acids is 1. The van der Waals surface area contributed by atoms with Gasteiger partial charge < -0.3 is 10.4 Å². The van der Waals surface area contributed by atoms with Gasteiger partial charge in [-0.2, -0.15) is 0 Å². The molecular weight excluding hydrogens is 266 g/mol. The molecule has 2 N–H and O–H groups in total. The van der Waals surface area contributed by atoms with Gasteiger partial charge in [-0.15, -0.1) is 0 Å². The molecule has 0 radical (unpaired) electrons. The van der Waals surface area contributed by atoms with Crippen molar-refractivity contribution in [3.05, 3.63) is 29.8 Å². The average Bonchev–Trinajstić information content (AvgIpc) is 2.50. The maximum absolute atomic E-state index is 12.1. The van der Waals surface area contributed by atoms with Gasteiger partial charge >= 0.3 is 5.97 Å². The minimum atomic E-state index is -0.787. The van der Waals surface area contributed by atoms with Crippen molar-refractivity contribution in [3.8, 4) is 0 Å². The zero-order chi connectivity index (χ0) is 15.2. The van der Waals surface area contributed by atoms with Gasteiger partial charge in [0.05, 0.1) is 5.92 Å². The van der Waals surface area contributed by atoms with Crippen LogP contribution in [0.25, 0.3) is 0 Å². The largest absolute Gasteiger partial charge is 0.481 e. The lowest BCUT2D eigenvalue weighted by molar-refractivity contribution is -0.141. The minimum absolute atomic E-state index is 0.112. The van der Waals surface area contributed by atoms with Crippen LogP contribution in [-0.2, 0) is 16.0 Å². The van der Waals surface area contributed by atoms with Crippen LogP contribution in [0, 0.1) is 11.8 Å². The molecule has 1 aromatic carbocycles. The van der Waals surface area contributed by atoms with E-state index in [2.05, 4.69) is 5.32 Å². The summed E-state index contributed by atoms with van der Waals surface area (Å²) >= 11 is 0. The Hall–Kier alpha value is -1.84. The predicted octanol–water partition coefficient (Wildman–Crippen LogP) is 3.47. The Morgan fingerprint density at radius 1 is 1.19 bits per heavy atom. The van der Waals surface area contributed by atoms with Crippen molar-refractivity contribution < 1.29 is 14.7 Å². The van der Waals surface area contributed by atoms with Crippen LogP contribution in [0.3, 0.4) is 0 Å². The fraction of sp³-hybridized carbons (Fsp3) is 0.529. The molecule has 0 bridgehead atoms. The number of benzene rings is 1. The van der Waals surface area contributed by atoms with Crippen molar-refractivity contribution in [2.45, 2.75) is 45.4 Å². The number of anilines is 1. The molecule has 2 rings (SSSR count). The van der Waals surface area contributed by atoms with Gasteiger partial charge in [0.1, 0.15) is 0 Å². The van der Waals surface area contributed by atoms with Crippen LogP contribution in [0.5, 0.6) is 0 Å². The number of nitrogens with one attached hydrogen (secondary N) is 1. The second-order valence-electron chi connectivity index (χ2n) is 5.96. The van der Waals surface area contributed by atoms with Crippen LogP contribution >= 0.6 is 0 Å². The van der Waals surface area contributed by atoms with E-state index in [9.17, 15) is 9.59 Å². The van der Waals surface area contributed by atoms with E-state index >= 15 is 0 Å². The summed E-state index contributed by atoms with van der Waals surface area (Å²) in [6, 6.07) is 7.47. The SMILES string of the molecule is CC(Cc1ccc(NC(=O)C2CCCCC2)cc1)C(=O)O. The molecule has 0 aliphatic heterocycles. The van der Waals surface area contributed by atoms with E-state index < -0.39 is 11.9 Å². The van der Waals surface area contributed by atoms with E-state index in [-0.39, 0.29) is 11.8 Å². The molecule has 1 aliphatic rings. The highest BCUT2D eigenvalue weighted by molar-refractivity contribution is 5.92. The van der Waals surface area contributed by atoms with Crippen molar-refractivity contribution in [1.29, 1.82) is 0 Å². The molecule has 1 amide bonds. The summed E-state index contributed by atoms with van der Waals surface area (Å²) in [6.45, 7) is 1.70. The zero-order valence-electron chi connectivity index (χ0n) is 12.5. The summed E-state index contributed by atoms with van der Waals surface area (Å²) < 4.78 is 0. The highest BCUT2D eigenvalue weighted by atomic mass is 16.4. The van der Waals surface area contributed by atoms with Crippen molar-refractivity contribution in [2.24, 2.45) is 11.8 Å². The van der Waals surface area contributed by atoms with Crippen LogP contribution in [0.15, 0.2) is 24.3 Å². The number of amides is 1. The Balaban J connectivity index is 1.89. The smallest absolute Gasteiger partial charge is 0.306 e. The summed E-state index contributed by atoms with van der Waals surface area (Å²) in [5, 5.41) is 11.9. The second-order valence-corrected chi connectivity index (χ2v) is 5.96. The second kappa shape index (κ2) is 7.25. The molecule has 0 heterocycles. The number of hydrogen-bond acceptors (Lipinski definition) is 2. The Morgan fingerprint density at radius 3 is 2.38 bits per heavy atom. The number of carbonyl (C=O) groups excluding carboxylic acids is 1. The topological polar surface area (TPSA) is 66.4 Å². The number of carboxylic acids is 1. The molecule has 1 fully saturated rings. The van der Waals surface area contributed by atoms with Crippen LogP contribution in [0.1, 0.15) is 44.6 Å². The predicted molar refractivity (Wildman–Crippen MR) is 82.2 cm³/mol. The summed E-state index contributed by atoms with van der Waals surface area (Å²) in [4.78, 5) is 23.0. The van der Waals surface area contributed by atoms with Gasteiger partial charge in [0.2, 0.25) is 5.91 Å². The van der Waals surface area contributed by atoms with Crippen LogP contribution < -0.4 is 5.32 Å². The third kappa shape index (κ3) is 4.59. The van der Waals surface area contributed by atoms with E-state index in [0.29, 0.717) is 6.42 Å². The number of carbonyl (C=O) groups is 2. The van der Waals surface area contributed by atoms with Crippen LogP contribution in [-0.4, -0.2) is 17.0 Å². The first-order chi connectivity index (χ1) is 10.1. The highest BCUT2D eigenvalue weighted by Gasteiger charge is 2.21. The van der Waals surface area contributed by atoms with Gasteiger partial charge in [0, 0.05) is 11.6 Å². The normalized spacial score (nSPS) is 17.2. The zero-order valence-corrected chi connectivity index (χ0v) is 12.5. The fourth-order valence-electron chi connectivity index (χ4n) is 2.77. The Bertz CT molecular complexity index is 489. The molecule has 114 valence electrons. The van der Waals surface area contributed by atoms with Crippen molar-refractivity contribution in [1.82, 2.24) is 0 Å². The van der Waals surface area contributed by atoms with Gasteiger partial charge in [-0.25, -0.2) is 0 Å². The number of hydrogen-bond donors (Lipinski definition) is 2. The van der Waals surface area contributed by atoms with Crippen LogP contribution in [0.4, 0.5) is 5.69 Å². The summed E-state index contributed by atoms with van der Waals surface area (Å²) in [7, 11) is 0. The van der Waals surface area contributed by atoms with Crippen LogP contribution in [0.2, 0.25) is 0 Å². The Labute approximate surface area is 125 Å². The van der Waals surface area contributed by atoms with Gasteiger partial charge in [-0.3, -0.25) is 9.59 Å². The molecule has 1 saturated carbocycles. The van der Waals surface area contributed by atoms with E-state index in [0.717, 1.165) is 36.9 Å². The Kier molecular flexibility index (Phi) is 5.37. The molecule has 0 spiro atoms. The third-order valence-electron chi connectivity index (χ3n) is 4.16. The molecule has 4 heteroatoms. The van der Waals surface area contributed by atoms with Gasteiger partial charge in [0.15, 0.2) is 0 Å². The number of carboxylic acid groups (broad SMARTS) is 1. The monoisotopic (exact) mass is 289 g/mol. The van der Waals surface area contributed by atoms with E-state index in [4.69, 9.17) is 5.11 Å². The van der Waals surface area contributed by atoms with Gasteiger partial charge in [0.25, 0.3) is 0 Å². The first kappa shape index (κ1) is 15.5. The summed E-state index contributed by atoms with van der Waals surface area (Å²) in [5.74, 6) is -0.927. The minimum Gasteiger partial charge on any atom is -0.481 e. The first-order valence-corrected chi connectivity index (χ1v) is 7.69. The van der Waals surface area contributed by atoms with E-state index in [1.807, 2.05) is 24.3 Å². The maximum Gasteiger partial charge on any atom is 0.306 e. The Morgan fingerprint density at radius 2 is 1.81 bits per heavy atom. The molecule has 1 aliphatic carbocycles. The number of rotatable bonds is 5.